The predicted molar refractivity (Wildman–Crippen MR) is 190 cm³/mol. The highest BCUT2D eigenvalue weighted by molar-refractivity contribution is 7.26. The minimum absolute atomic E-state index is 0.676. The van der Waals surface area contributed by atoms with Gasteiger partial charge in [0.1, 0.15) is 5.58 Å². The van der Waals surface area contributed by atoms with Crippen molar-refractivity contribution >= 4 is 75.4 Å². The van der Waals surface area contributed by atoms with Crippen molar-refractivity contribution in [2.24, 2.45) is 0 Å². The first-order valence-corrected chi connectivity index (χ1v) is 15.9. The molecule has 3 nitrogen and oxygen atoms in total. The summed E-state index contributed by atoms with van der Waals surface area (Å²) in [6.07, 6.45) is 1.77. The predicted octanol–water partition coefficient (Wildman–Crippen LogP) is 11.8. The molecule has 0 atom stereocenters. The largest absolute Gasteiger partial charge is 0.438 e. The minimum Gasteiger partial charge on any atom is -0.438 e. The highest BCUT2D eigenvalue weighted by Gasteiger charge is 2.16. The van der Waals surface area contributed by atoms with E-state index >= 15 is 0 Å². The van der Waals surface area contributed by atoms with Gasteiger partial charge in [0.2, 0.25) is 5.71 Å². The quantitative estimate of drug-likeness (QED) is 0.204. The van der Waals surface area contributed by atoms with Crippen molar-refractivity contribution in [3.8, 4) is 27.9 Å². The fourth-order valence-electron chi connectivity index (χ4n) is 6.99. The first kappa shape index (κ1) is 24.7. The SMILES string of the molecule is c1ccc2c(c1)sc1c(-c3ccc4c(c3)c3ccccc3n4-c3ccc(-c4ccc5c(c4)oc4ncccc45)cc3)cccc12. The number of rotatable bonds is 3. The Bertz CT molecular complexity index is 2760. The van der Waals surface area contributed by atoms with Gasteiger partial charge in [-0.1, -0.05) is 78.9 Å². The van der Waals surface area contributed by atoms with Crippen LogP contribution in [0.3, 0.4) is 0 Å². The number of benzene rings is 6. The Morgan fingerprint density at radius 2 is 1.27 bits per heavy atom. The summed E-state index contributed by atoms with van der Waals surface area (Å²) >= 11 is 1.88. The molecule has 10 aromatic rings. The Morgan fingerprint density at radius 3 is 2.20 bits per heavy atom. The van der Waals surface area contributed by atoms with Gasteiger partial charge in [0.15, 0.2) is 0 Å². The number of pyridine rings is 1. The van der Waals surface area contributed by atoms with Gasteiger partial charge in [0, 0.05) is 53.6 Å². The molecule has 10 rings (SSSR count). The molecule has 45 heavy (non-hydrogen) atoms. The van der Waals surface area contributed by atoms with Gasteiger partial charge in [0.25, 0.3) is 0 Å². The normalized spacial score (nSPS) is 12.0. The Morgan fingerprint density at radius 1 is 0.511 bits per heavy atom. The van der Waals surface area contributed by atoms with Crippen LogP contribution in [0.5, 0.6) is 0 Å². The van der Waals surface area contributed by atoms with E-state index in [4.69, 9.17) is 4.42 Å². The second kappa shape index (κ2) is 9.39. The van der Waals surface area contributed by atoms with Crippen LogP contribution in [0.1, 0.15) is 0 Å². The molecule has 0 saturated carbocycles. The third kappa shape index (κ3) is 3.67. The first-order chi connectivity index (χ1) is 22.3. The Balaban J connectivity index is 1.10. The second-order valence-corrected chi connectivity index (χ2v) is 12.6. The first-order valence-electron chi connectivity index (χ1n) is 15.1. The van der Waals surface area contributed by atoms with Gasteiger partial charge in [-0.25, -0.2) is 4.98 Å². The van der Waals surface area contributed by atoms with Crippen LogP contribution in [0.4, 0.5) is 0 Å². The lowest BCUT2D eigenvalue weighted by molar-refractivity contribution is 0.654. The average molecular weight is 593 g/mol. The van der Waals surface area contributed by atoms with Crippen molar-refractivity contribution in [1.82, 2.24) is 9.55 Å². The molecule has 0 aliphatic rings. The number of furan rings is 1. The standard InChI is InChI=1S/C41H24N2OS/c1-3-12-36-30(7-1)35-23-27(29-9-5-10-33-32-8-2-4-13-39(32)45-40(29)33)17-21-37(35)43(36)28-18-14-25(15-19-28)26-16-20-31-34-11-6-22-42-41(34)44-38(31)24-26/h1-24H. The van der Waals surface area contributed by atoms with E-state index in [0.29, 0.717) is 5.71 Å². The van der Waals surface area contributed by atoms with Gasteiger partial charge >= 0.3 is 0 Å². The summed E-state index contributed by atoms with van der Waals surface area (Å²) in [5.41, 5.74) is 9.87. The Kier molecular flexibility index (Phi) is 5.16. The summed E-state index contributed by atoms with van der Waals surface area (Å²) in [4.78, 5) is 4.39. The van der Waals surface area contributed by atoms with Crippen molar-refractivity contribution < 1.29 is 4.42 Å². The van der Waals surface area contributed by atoms with Crippen LogP contribution in [0, 0.1) is 0 Å². The van der Waals surface area contributed by atoms with E-state index in [2.05, 4.69) is 143 Å². The van der Waals surface area contributed by atoms with E-state index in [-0.39, 0.29) is 0 Å². The van der Waals surface area contributed by atoms with Crippen LogP contribution in [0.25, 0.3) is 92.0 Å². The lowest BCUT2D eigenvalue weighted by Crippen LogP contribution is -1.93. The fourth-order valence-corrected chi connectivity index (χ4v) is 8.22. The molecule has 6 aromatic carbocycles. The van der Waals surface area contributed by atoms with E-state index in [1.54, 1.807) is 6.20 Å². The molecule has 0 fully saturated rings. The summed E-state index contributed by atoms with van der Waals surface area (Å²) in [6, 6.07) is 50.3. The third-order valence-electron chi connectivity index (χ3n) is 9.10. The molecule has 4 heteroatoms. The molecule has 0 amide bonds. The number of hydrogen-bond acceptors (Lipinski definition) is 3. The number of hydrogen-bond donors (Lipinski definition) is 0. The highest BCUT2D eigenvalue weighted by Crippen LogP contribution is 2.42. The second-order valence-electron chi connectivity index (χ2n) is 11.6. The number of thiophene rings is 1. The van der Waals surface area contributed by atoms with Crippen molar-refractivity contribution in [3.63, 3.8) is 0 Å². The summed E-state index contributed by atoms with van der Waals surface area (Å²) in [7, 11) is 0. The van der Waals surface area contributed by atoms with Crippen LogP contribution in [-0.2, 0) is 0 Å². The number of fused-ring (bicyclic) bond motifs is 9. The highest BCUT2D eigenvalue weighted by atomic mass is 32.1. The molecule has 0 unspecified atom stereocenters. The van der Waals surface area contributed by atoms with Crippen molar-refractivity contribution in [3.05, 3.63) is 146 Å². The van der Waals surface area contributed by atoms with Gasteiger partial charge in [0.05, 0.1) is 11.0 Å². The average Bonchev–Trinajstić information content (AvgIpc) is 3.77. The van der Waals surface area contributed by atoms with Crippen LogP contribution in [0.15, 0.2) is 150 Å². The molecular weight excluding hydrogens is 569 g/mol. The molecule has 0 aliphatic heterocycles. The van der Waals surface area contributed by atoms with E-state index in [0.717, 1.165) is 33.2 Å². The zero-order chi connectivity index (χ0) is 29.5. The molecule has 0 N–H and O–H groups in total. The summed E-state index contributed by atoms with van der Waals surface area (Å²) in [5, 5.41) is 7.30. The van der Waals surface area contributed by atoms with Gasteiger partial charge < -0.3 is 8.98 Å². The van der Waals surface area contributed by atoms with Gasteiger partial charge in [-0.05, 0) is 82.9 Å². The van der Waals surface area contributed by atoms with Crippen LogP contribution in [0.2, 0.25) is 0 Å². The Labute approximate surface area is 262 Å². The molecular formula is C41H24N2OS. The maximum atomic E-state index is 6.06. The monoisotopic (exact) mass is 592 g/mol. The topological polar surface area (TPSA) is 31.0 Å². The lowest BCUT2D eigenvalue weighted by Gasteiger charge is -2.10. The molecule has 4 heterocycles. The van der Waals surface area contributed by atoms with Crippen LogP contribution < -0.4 is 0 Å². The van der Waals surface area contributed by atoms with E-state index in [1.807, 2.05) is 17.4 Å². The van der Waals surface area contributed by atoms with Crippen molar-refractivity contribution in [2.45, 2.75) is 0 Å². The smallest absolute Gasteiger partial charge is 0.227 e. The van der Waals surface area contributed by atoms with Crippen molar-refractivity contribution in [1.29, 1.82) is 0 Å². The van der Waals surface area contributed by atoms with E-state index < -0.39 is 0 Å². The molecule has 0 spiro atoms. The van der Waals surface area contributed by atoms with Crippen LogP contribution in [-0.4, -0.2) is 9.55 Å². The molecule has 0 radical (unpaired) electrons. The summed E-state index contributed by atoms with van der Waals surface area (Å²) in [5.74, 6) is 0. The molecule has 0 aliphatic carbocycles. The summed E-state index contributed by atoms with van der Waals surface area (Å²) < 4.78 is 11.1. The van der Waals surface area contributed by atoms with Crippen LogP contribution >= 0.6 is 11.3 Å². The van der Waals surface area contributed by atoms with Gasteiger partial charge in [-0.15, -0.1) is 11.3 Å². The minimum atomic E-state index is 0.676. The number of nitrogens with zero attached hydrogens (tertiary/aromatic N) is 2. The molecule has 210 valence electrons. The van der Waals surface area contributed by atoms with Gasteiger partial charge in [-0.3, -0.25) is 0 Å². The number of para-hydroxylation sites is 1. The lowest BCUT2D eigenvalue weighted by atomic mass is 10.0. The van der Waals surface area contributed by atoms with Crippen molar-refractivity contribution in [2.75, 3.05) is 0 Å². The molecule has 4 aromatic heterocycles. The zero-order valence-corrected chi connectivity index (χ0v) is 24.9. The number of aromatic nitrogens is 2. The maximum absolute atomic E-state index is 6.06. The van der Waals surface area contributed by atoms with Gasteiger partial charge in [-0.2, -0.15) is 0 Å². The third-order valence-corrected chi connectivity index (χ3v) is 10.3. The zero-order valence-electron chi connectivity index (χ0n) is 24.1. The molecule has 0 bridgehead atoms. The summed E-state index contributed by atoms with van der Waals surface area (Å²) in [6.45, 7) is 0. The Hall–Kier alpha value is -5.71. The maximum Gasteiger partial charge on any atom is 0.227 e. The van der Waals surface area contributed by atoms with E-state index in [1.165, 1.54) is 53.1 Å². The molecule has 0 saturated heterocycles. The fraction of sp³-hybridized carbons (Fsp3) is 0. The van der Waals surface area contributed by atoms with E-state index in [9.17, 15) is 0 Å².